The fourth-order valence-corrected chi connectivity index (χ4v) is 4.64. The first kappa shape index (κ1) is 23.3. The lowest BCUT2D eigenvalue weighted by molar-refractivity contribution is -0.131. The van der Waals surface area contributed by atoms with E-state index in [1.807, 2.05) is 25.1 Å². The van der Waals surface area contributed by atoms with Gasteiger partial charge in [-0.05, 0) is 51.2 Å². The Bertz CT molecular complexity index is 1290. The molecule has 1 aromatic carbocycles. The molecule has 0 radical (unpaired) electrons. The number of ether oxygens (including phenoxy) is 1. The Labute approximate surface area is 203 Å². The number of aromatic amines is 1. The van der Waals surface area contributed by atoms with Crippen LogP contribution in [0.4, 0.5) is 4.39 Å². The first-order valence-electron chi connectivity index (χ1n) is 12.1. The van der Waals surface area contributed by atoms with Crippen LogP contribution < -0.4 is 10.1 Å². The molecule has 8 nitrogen and oxygen atoms in total. The Balaban J connectivity index is 1.45. The van der Waals surface area contributed by atoms with E-state index in [1.54, 1.807) is 6.92 Å². The molecule has 5 rings (SSSR count). The second-order valence-electron chi connectivity index (χ2n) is 9.67. The summed E-state index contributed by atoms with van der Waals surface area (Å²) in [6.07, 6.45) is 2.87. The van der Waals surface area contributed by atoms with Gasteiger partial charge in [0.25, 0.3) is 5.91 Å². The Morgan fingerprint density at radius 2 is 2.03 bits per heavy atom. The third-order valence-electron chi connectivity index (χ3n) is 6.86. The summed E-state index contributed by atoms with van der Waals surface area (Å²) in [6, 6.07) is 5.33. The van der Waals surface area contributed by atoms with E-state index < -0.39 is 18.1 Å². The van der Waals surface area contributed by atoms with Crippen molar-refractivity contribution in [2.45, 2.75) is 52.2 Å². The van der Waals surface area contributed by atoms with Crippen LogP contribution in [0.25, 0.3) is 22.3 Å². The standard InChI is InChI=1S/C26H30FN5O3/c1-14-4-7-21(35-12-17-5-6-17)18(10-14)23-25-24(29-13-28-23)22(15(2)30-25)26(34)31-20-8-9-32(16(3)33)11-19(20)27/h4,7,10,13,17,19-20,30H,5-6,8-9,11-12H2,1-3H3,(H,31,34)/t19-,20-/m1/s1. The maximum atomic E-state index is 14.7. The van der Waals surface area contributed by atoms with E-state index in [9.17, 15) is 14.0 Å². The van der Waals surface area contributed by atoms with Crippen LogP contribution in [-0.2, 0) is 4.79 Å². The summed E-state index contributed by atoms with van der Waals surface area (Å²) in [6.45, 7) is 6.30. The van der Waals surface area contributed by atoms with Crippen molar-refractivity contribution in [3.8, 4) is 17.0 Å². The van der Waals surface area contributed by atoms with Gasteiger partial charge in [0.2, 0.25) is 5.91 Å². The van der Waals surface area contributed by atoms with Gasteiger partial charge in [-0.3, -0.25) is 9.59 Å². The number of aryl methyl sites for hydroxylation is 2. The van der Waals surface area contributed by atoms with Crippen molar-refractivity contribution >= 4 is 22.8 Å². The van der Waals surface area contributed by atoms with E-state index in [4.69, 9.17) is 4.74 Å². The summed E-state index contributed by atoms with van der Waals surface area (Å²) in [5.41, 5.74) is 4.69. The van der Waals surface area contributed by atoms with Crippen LogP contribution in [0.5, 0.6) is 5.75 Å². The second-order valence-corrected chi connectivity index (χ2v) is 9.67. The van der Waals surface area contributed by atoms with Gasteiger partial charge < -0.3 is 19.9 Å². The average molecular weight is 480 g/mol. The minimum Gasteiger partial charge on any atom is -0.493 e. The Kier molecular flexibility index (Phi) is 6.17. The molecule has 1 aliphatic heterocycles. The maximum Gasteiger partial charge on any atom is 0.255 e. The number of H-pyrrole nitrogens is 1. The number of nitrogens with zero attached hydrogens (tertiary/aromatic N) is 3. The molecule has 0 spiro atoms. The fraction of sp³-hybridized carbons (Fsp3) is 0.462. The quantitative estimate of drug-likeness (QED) is 0.561. The number of halogens is 1. The Morgan fingerprint density at radius 1 is 1.23 bits per heavy atom. The predicted octanol–water partition coefficient (Wildman–Crippen LogP) is 3.72. The minimum atomic E-state index is -1.33. The van der Waals surface area contributed by atoms with Gasteiger partial charge in [-0.1, -0.05) is 11.6 Å². The Morgan fingerprint density at radius 3 is 2.74 bits per heavy atom. The van der Waals surface area contributed by atoms with Crippen molar-refractivity contribution in [1.82, 2.24) is 25.2 Å². The summed E-state index contributed by atoms with van der Waals surface area (Å²) < 4.78 is 20.8. The van der Waals surface area contributed by atoms with Gasteiger partial charge in [-0.15, -0.1) is 0 Å². The molecule has 2 aromatic heterocycles. The molecule has 2 fully saturated rings. The van der Waals surface area contributed by atoms with Crippen molar-refractivity contribution in [3.63, 3.8) is 0 Å². The number of hydrogen-bond donors (Lipinski definition) is 2. The van der Waals surface area contributed by atoms with Gasteiger partial charge >= 0.3 is 0 Å². The lowest BCUT2D eigenvalue weighted by atomic mass is 10.0. The third-order valence-corrected chi connectivity index (χ3v) is 6.86. The molecule has 2 amide bonds. The van der Waals surface area contributed by atoms with Crippen molar-refractivity contribution in [3.05, 3.63) is 41.3 Å². The molecule has 9 heteroatoms. The highest BCUT2D eigenvalue weighted by molar-refractivity contribution is 6.09. The molecule has 2 atom stereocenters. The van der Waals surface area contributed by atoms with Crippen molar-refractivity contribution < 1.29 is 18.7 Å². The number of aromatic nitrogens is 3. The molecule has 184 valence electrons. The van der Waals surface area contributed by atoms with Crippen LogP contribution in [0.1, 0.15) is 47.8 Å². The topological polar surface area (TPSA) is 100 Å². The minimum absolute atomic E-state index is 0.0174. The van der Waals surface area contributed by atoms with Crippen molar-refractivity contribution in [2.24, 2.45) is 5.92 Å². The fourth-order valence-electron chi connectivity index (χ4n) is 4.64. The summed E-state index contributed by atoms with van der Waals surface area (Å²) >= 11 is 0. The molecule has 1 saturated heterocycles. The molecule has 35 heavy (non-hydrogen) atoms. The molecule has 2 aliphatic rings. The van der Waals surface area contributed by atoms with Gasteiger partial charge in [0.1, 0.15) is 29.5 Å². The summed E-state index contributed by atoms with van der Waals surface area (Å²) in [4.78, 5) is 38.5. The van der Waals surface area contributed by atoms with Crippen LogP contribution in [0.3, 0.4) is 0 Å². The number of amides is 2. The highest BCUT2D eigenvalue weighted by Crippen LogP contribution is 2.37. The lowest BCUT2D eigenvalue weighted by Crippen LogP contribution is -2.53. The summed E-state index contributed by atoms with van der Waals surface area (Å²) in [5.74, 6) is 0.806. The zero-order valence-corrected chi connectivity index (χ0v) is 20.2. The smallest absolute Gasteiger partial charge is 0.255 e. The molecule has 3 aromatic rings. The molecule has 1 saturated carbocycles. The van der Waals surface area contributed by atoms with E-state index in [2.05, 4.69) is 20.3 Å². The van der Waals surface area contributed by atoms with Crippen LogP contribution in [-0.4, -0.2) is 63.6 Å². The molecule has 3 heterocycles. The SMILES string of the molecule is CC(=O)N1CC[C@@H](NC(=O)c2c(C)[nH]c3c(-c4cc(C)ccc4OCC4CC4)ncnc23)[C@H](F)C1. The van der Waals surface area contributed by atoms with Crippen LogP contribution >= 0.6 is 0 Å². The zero-order valence-electron chi connectivity index (χ0n) is 20.2. The van der Waals surface area contributed by atoms with E-state index in [0.717, 1.165) is 16.9 Å². The monoisotopic (exact) mass is 479 g/mol. The third kappa shape index (κ3) is 4.72. The van der Waals surface area contributed by atoms with E-state index >= 15 is 0 Å². The molecular weight excluding hydrogens is 449 g/mol. The van der Waals surface area contributed by atoms with Gasteiger partial charge in [-0.2, -0.15) is 0 Å². The number of nitrogens with one attached hydrogen (secondary N) is 2. The average Bonchev–Trinajstić information content (AvgIpc) is 3.59. The summed E-state index contributed by atoms with van der Waals surface area (Å²) in [7, 11) is 0. The number of alkyl halides is 1. The number of fused-ring (bicyclic) bond motifs is 1. The van der Waals surface area contributed by atoms with Gasteiger partial charge in [-0.25, -0.2) is 14.4 Å². The number of benzene rings is 1. The molecule has 1 aliphatic carbocycles. The Hall–Kier alpha value is -3.49. The largest absolute Gasteiger partial charge is 0.493 e. The maximum absolute atomic E-state index is 14.7. The normalized spacial score (nSPS) is 20.2. The molecule has 0 bridgehead atoms. The summed E-state index contributed by atoms with van der Waals surface area (Å²) in [5, 5.41) is 2.83. The molecule has 0 unspecified atom stereocenters. The molecule has 2 N–H and O–H groups in total. The number of rotatable bonds is 6. The van der Waals surface area contributed by atoms with Crippen LogP contribution in [0.15, 0.2) is 24.5 Å². The number of likely N-dealkylation sites (tertiary alicyclic amines) is 1. The van der Waals surface area contributed by atoms with E-state index in [1.165, 1.54) is 31.0 Å². The lowest BCUT2D eigenvalue weighted by Gasteiger charge is -2.34. The number of hydrogen-bond acceptors (Lipinski definition) is 5. The molecular formula is C26H30FN5O3. The van der Waals surface area contributed by atoms with Gasteiger partial charge in [0.15, 0.2) is 0 Å². The number of carbonyl (C=O) groups is 2. The highest BCUT2D eigenvalue weighted by atomic mass is 19.1. The van der Waals surface area contributed by atoms with E-state index in [0.29, 0.717) is 53.5 Å². The van der Waals surface area contributed by atoms with Crippen LogP contribution in [0, 0.1) is 19.8 Å². The first-order chi connectivity index (χ1) is 16.8. The van der Waals surface area contributed by atoms with Crippen molar-refractivity contribution in [2.75, 3.05) is 19.7 Å². The highest BCUT2D eigenvalue weighted by Gasteiger charge is 2.33. The van der Waals surface area contributed by atoms with Crippen molar-refractivity contribution in [1.29, 1.82) is 0 Å². The van der Waals surface area contributed by atoms with Gasteiger partial charge in [0.05, 0.1) is 30.3 Å². The number of piperidine rings is 1. The van der Waals surface area contributed by atoms with E-state index in [-0.39, 0.29) is 12.5 Å². The van der Waals surface area contributed by atoms with Gasteiger partial charge in [0, 0.05) is 24.7 Å². The predicted molar refractivity (Wildman–Crippen MR) is 130 cm³/mol. The first-order valence-corrected chi connectivity index (χ1v) is 12.1. The van der Waals surface area contributed by atoms with Crippen LogP contribution in [0.2, 0.25) is 0 Å². The zero-order chi connectivity index (χ0) is 24.7. The number of carbonyl (C=O) groups excluding carboxylic acids is 2. The second kappa shape index (κ2) is 9.28.